The van der Waals surface area contributed by atoms with Crippen LogP contribution >= 0.6 is 11.6 Å². The monoisotopic (exact) mass is 474 g/mol. The van der Waals surface area contributed by atoms with Crippen molar-refractivity contribution in [1.82, 2.24) is 9.80 Å². The summed E-state index contributed by atoms with van der Waals surface area (Å²) in [4.78, 5) is 28.5. The first-order valence-corrected chi connectivity index (χ1v) is 10.8. The van der Waals surface area contributed by atoms with Gasteiger partial charge in [0.15, 0.2) is 18.1 Å². The summed E-state index contributed by atoms with van der Waals surface area (Å²) in [6, 6.07) is 10.4. The molecular formula is C24H27ClN2O6. The molecule has 176 valence electrons. The van der Waals surface area contributed by atoms with Crippen LogP contribution in [0, 0.1) is 0 Å². The molecule has 1 heterocycles. The van der Waals surface area contributed by atoms with Gasteiger partial charge in [0.25, 0.3) is 5.91 Å². The van der Waals surface area contributed by atoms with Crippen LogP contribution in [0.15, 0.2) is 42.5 Å². The Morgan fingerprint density at radius 2 is 1.48 bits per heavy atom. The van der Waals surface area contributed by atoms with Crippen molar-refractivity contribution in [2.45, 2.75) is 0 Å². The molecule has 0 unspecified atom stereocenters. The maximum absolute atomic E-state index is 12.6. The van der Waals surface area contributed by atoms with Crippen LogP contribution in [-0.4, -0.2) is 75.7 Å². The lowest BCUT2D eigenvalue weighted by Crippen LogP contribution is -2.51. The van der Waals surface area contributed by atoms with Crippen LogP contribution < -0.4 is 18.9 Å². The lowest BCUT2D eigenvalue weighted by Gasteiger charge is -2.34. The Labute approximate surface area is 198 Å². The number of methoxy groups -OCH3 is 3. The Balaban J connectivity index is 1.52. The normalized spacial score (nSPS) is 13.7. The first-order chi connectivity index (χ1) is 15.9. The number of halogens is 1. The molecule has 0 radical (unpaired) electrons. The quantitative estimate of drug-likeness (QED) is 0.547. The van der Waals surface area contributed by atoms with E-state index in [-0.39, 0.29) is 18.4 Å². The number of hydrogen-bond acceptors (Lipinski definition) is 6. The summed E-state index contributed by atoms with van der Waals surface area (Å²) in [7, 11) is 4.61. The predicted molar refractivity (Wildman–Crippen MR) is 125 cm³/mol. The number of carbonyl (C=O) groups excluding carboxylic acids is 2. The summed E-state index contributed by atoms with van der Waals surface area (Å²) >= 11 is 5.85. The zero-order chi connectivity index (χ0) is 23.8. The number of carbonyl (C=O) groups is 2. The van der Waals surface area contributed by atoms with E-state index >= 15 is 0 Å². The molecule has 0 N–H and O–H groups in total. The molecule has 1 fully saturated rings. The molecule has 2 aromatic rings. The minimum absolute atomic E-state index is 0.0589. The maximum Gasteiger partial charge on any atom is 0.260 e. The topological polar surface area (TPSA) is 77.5 Å². The van der Waals surface area contributed by atoms with Crippen molar-refractivity contribution in [3.63, 3.8) is 0 Å². The molecule has 0 atom stereocenters. The number of hydrogen-bond donors (Lipinski definition) is 0. The molecule has 0 aromatic heterocycles. The van der Waals surface area contributed by atoms with E-state index in [2.05, 4.69) is 0 Å². The zero-order valence-electron chi connectivity index (χ0n) is 18.9. The van der Waals surface area contributed by atoms with Gasteiger partial charge in [-0.3, -0.25) is 9.59 Å². The highest BCUT2D eigenvalue weighted by molar-refractivity contribution is 6.30. The lowest BCUT2D eigenvalue weighted by atomic mass is 10.1. The molecule has 1 aliphatic heterocycles. The standard InChI is InChI=1S/C24H27ClN2O6/c1-30-20-14-17(15-21(31-2)24(20)32-3)4-9-22(28)26-10-12-27(13-11-26)23(29)16-33-19-7-5-18(25)6-8-19/h4-9,14-15H,10-13,16H2,1-3H3. The van der Waals surface area contributed by atoms with Crippen LogP contribution in [0.5, 0.6) is 23.0 Å². The van der Waals surface area contributed by atoms with Crippen LogP contribution in [0.1, 0.15) is 5.56 Å². The Morgan fingerprint density at radius 1 is 0.909 bits per heavy atom. The maximum atomic E-state index is 12.6. The number of amides is 2. The largest absolute Gasteiger partial charge is 0.493 e. The summed E-state index contributed by atoms with van der Waals surface area (Å²) in [5.74, 6) is 1.84. The second-order valence-electron chi connectivity index (χ2n) is 7.24. The smallest absolute Gasteiger partial charge is 0.260 e. The first-order valence-electron chi connectivity index (χ1n) is 10.4. The molecule has 8 nitrogen and oxygen atoms in total. The number of nitrogens with zero attached hydrogens (tertiary/aromatic N) is 2. The Morgan fingerprint density at radius 3 is 2.03 bits per heavy atom. The van der Waals surface area contributed by atoms with E-state index < -0.39 is 0 Å². The van der Waals surface area contributed by atoms with Crippen molar-refractivity contribution >= 4 is 29.5 Å². The highest BCUT2D eigenvalue weighted by atomic mass is 35.5. The minimum Gasteiger partial charge on any atom is -0.493 e. The second-order valence-corrected chi connectivity index (χ2v) is 7.68. The lowest BCUT2D eigenvalue weighted by molar-refractivity contribution is -0.138. The van der Waals surface area contributed by atoms with Crippen molar-refractivity contribution in [3.05, 3.63) is 53.1 Å². The van der Waals surface area contributed by atoms with E-state index in [9.17, 15) is 9.59 Å². The summed E-state index contributed by atoms with van der Waals surface area (Å²) in [5.41, 5.74) is 0.742. The average Bonchev–Trinajstić information content (AvgIpc) is 2.86. The Kier molecular flexibility index (Phi) is 8.43. The van der Waals surface area contributed by atoms with Gasteiger partial charge >= 0.3 is 0 Å². The van der Waals surface area contributed by atoms with E-state index in [0.29, 0.717) is 54.2 Å². The third kappa shape index (κ3) is 6.32. The van der Waals surface area contributed by atoms with E-state index in [1.807, 2.05) is 0 Å². The van der Waals surface area contributed by atoms with Crippen molar-refractivity contribution < 1.29 is 28.5 Å². The van der Waals surface area contributed by atoms with E-state index in [4.69, 9.17) is 30.5 Å². The molecular weight excluding hydrogens is 448 g/mol. The van der Waals surface area contributed by atoms with Gasteiger partial charge in [-0.15, -0.1) is 0 Å². The molecule has 2 amide bonds. The predicted octanol–water partition coefficient (Wildman–Crippen LogP) is 3.13. The van der Waals surface area contributed by atoms with Crippen molar-refractivity contribution in [2.24, 2.45) is 0 Å². The van der Waals surface area contributed by atoms with Gasteiger partial charge in [0, 0.05) is 37.3 Å². The SMILES string of the molecule is COc1cc(C=CC(=O)N2CCN(C(=O)COc3ccc(Cl)cc3)CC2)cc(OC)c1OC. The highest BCUT2D eigenvalue weighted by Crippen LogP contribution is 2.38. The highest BCUT2D eigenvalue weighted by Gasteiger charge is 2.23. The fourth-order valence-electron chi connectivity index (χ4n) is 3.41. The molecule has 0 aliphatic carbocycles. The van der Waals surface area contributed by atoms with Crippen LogP contribution in [0.3, 0.4) is 0 Å². The fourth-order valence-corrected chi connectivity index (χ4v) is 3.54. The van der Waals surface area contributed by atoms with Gasteiger partial charge in [-0.2, -0.15) is 0 Å². The van der Waals surface area contributed by atoms with Gasteiger partial charge in [-0.05, 0) is 48.0 Å². The molecule has 1 aliphatic rings. The van der Waals surface area contributed by atoms with E-state index in [1.165, 1.54) is 27.4 Å². The second kappa shape index (κ2) is 11.5. The average molecular weight is 475 g/mol. The van der Waals surface area contributed by atoms with Crippen molar-refractivity contribution in [2.75, 3.05) is 54.1 Å². The van der Waals surface area contributed by atoms with Gasteiger partial charge in [0.1, 0.15) is 5.75 Å². The third-order valence-corrected chi connectivity index (χ3v) is 5.48. The van der Waals surface area contributed by atoms with Gasteiger partial charge in [0.05, 0.1) is 21.3 Å². The van der Waals surface area contributed by atoms with Gasteiger partial charge < -0.3 is 28.7 Å². The van der Waals surface area contributed by atoms with Crippen molar-refractivity contribution in [3.8, 4) is 23.0 Å². The summed E-state index contributed by atoms with van der Waals surface area (Å²) in [6.07, 6.45) is 3.20. The molecule has 1 saturated heterocycles. The minimum atomic E-state index is -0.131. The number of piperazine rings is 1. The first kappa shape index (κ1) is 24.3. The third-order valence-electron chi connectivity index (χ3n) is 5.23. The van der Waals surface area contributed by atoms with Crippen molar-refractivity contribution in [1.29, 1.82) is 0 Å². The summed E-state index contributed by atoms with van der Waals surface area (Å²) in [5, 5.41) is 0.605. The molecule has 3 rings (SSSR count). The molecule has 0 bridgehead atoms. The van der Waals surface area contributed by atoms with Gasteiger partial charge in [0.2, 0.25) is 11.7 Å². The molecule has 33 heavy (non-hydrogen) atoms. The molecule has 2 aromatic carbocycles. The van der Waals surface area contributed by atoms with E-state index in [0.717, 1.165) is 5.56 Å². The number of rotatable bonds is 8. The van der Waals surface area contributed by atoms with Gasteiger partial charge in [-0.1, -0.05) is 11.6 Å². The van der Waals surface area contributed by atoms with Crippen LogP contribution in [-0.2, 0) is 9.59 Å². The zero-order valence-corrected chi connectivity index (χ0v) is 19.6. The molecule has 9 heteroatoms. The van der Waals surface area contributed by atoms with Crippen LogP contribution in [0.25, 0.3) is 6.08 Å². The summed E-state index contributed by atoms with van der Waals surface area (Å²) in [6.45, 7) is 1.74. The molecule has 0 spiro atoms. The fraction of sp³-hybridized carbons (Fsp3) is 0.333. The summed E-state index contributed by atoms with van der Waals surface area (Å²) < 4.78 is 21.5. The number of benzene rings is 2. The van der Waals surface area contributed by atoms with Crippen LogP contribution in [0.2, 0.25) is 5.02 Å². The Hall–Kier alpha value is -3.39. The Bertz CT molecular complexity index is 976. The number of ether oxygens (including phenoxy) is 4. The van der Waals surface area contributed by atoms with Crippen LogP contribution in [0.4, 0.5) is 0 Å². The molecule has 0 saturated carbocycles. The van der Waals surface area contributed by atoms with E-state index in [1.54, 1.807) is 52.3 Å². The van der Waals surface area contributed by atoms with Gasteiger partial charge in [-0.25, -0.2) is 0 Å².